The van der Waals surface area contributed by atoms with E-state index in [1.807, 2.05) is 59.3 Å². The van der Waals surface area contributed by atoms with Crippen LogP contribution in [0.3, 0.4) is 0 Å². The van der Waals surface area contributed by atoms with Crippen LogP contribution in [0.15, 0.2) is 67.1 Å². The lowest BCUT2D eigenvalue weighted by Crippen LogP contribution is -2.07. The maximum Gasteiger partial charge on any atom is 0.247 e. The zero-order chi connectivity index (χ0) is 18.1. The van der Waals surface area contributed by atoms with Crippen LogP contribution in [0.25, 0.3) is 11.8 Å². The summed E-state index contributed by atoms with van der Waals surface area (Å²) in [6.07, 6.45) is 7.38. The molecule has 0 bridgehead atoms. The fraction of sp³-hybridized carbons (Fsp3) is 0.182. The van der Waals surface area contributed by atoms with Crippen LogP contribution in [0, 0.1) is 13.8 Å². The molecule has 3 aromatic rings. The largest absolute Gasteiger partial charge is 0.328 e. The minimum Gasteiger partial charge on any atom is -0.328 e. The Morgan fingerprint density at radius 1 is 1.15 bits per heavy atom. The van der Waals surface area contributed by atoms with E-state index in [0.717, 1.165) is 29.1 Å². The summed E-state index contributed by atoms with van der Waals surface area (Å²) >= 11 is 0. The first-order chi connectivity index (χ1) is 12.6. The molecule has 1 atom stereocenters. The molecule has 4 nitrogen and oxygen atoms in total. The molecule has 1 aliphatic heterocycles. The van der Waals surface area contributed by atoms with Crippen molar-refractivity contribution >= 4 is 12.0 Å². The van der Waals surface area contributed by atoms with Crippen molar-refractivity contribution in [3.8, 4) is 5.69 Å². The fourth-order valence-electron chi connectivity index (χ4n) is 3.23. The summed E-state index contributed by atoms with van der Waals surface area (Å²) in [5.41, 5.74) is 5.46. The number of imidazole rings is 1. The Kier molecular flexibility index (Phi) is 4.17. The first-order valence-electron chi connectivity index (χ1n) is 8.77. The molecule has 1 aromatic heterocycles. The molecule has 4 heteroatoms. The van der Waals surface area contributed by atoms with Gasteiger partial charge < -0.3 is 9.47 Å². The lowest BCUT2D eigenvalue weighted by atomic mass is 10.1. The minimum atomic E-state index is 0.0609. The van der Waals surface area contributed by atoms with Crippen molar-refractivity contribution in [2.75, 3.05) is 6.54 Å². The highest BCUT2D eigenvalue weighted by molar-refractivity contribution is 5.93. The maximum absolute atomic E-state index is 12.4. The van der Waals surface area contributed by atoms with Gasteiger partial charge in [-0.05, 0) is 48.7 Å². The van der Waals surface area contributed by atoms with E-state index in [-0.39, 0.29) is 11.9 Å². The number of amides is 1. The van der Waals surface area contributed by atoms with Crippen LogP contribution >= 0.6 is 0 Å². The SMILES string of the molecule is Cc1cn(-c2ccc(/C=C/C(=O)N3C[C@H]3c3ccccc3)cc2C)cn1. The molecule has 1 amide bonds. The molecule has 1 aliphatic rings. The number of aryl methyl sites for hydroxylation is 2. The van der Waals surface area contributed by atoms with Crippen molar-refractivity contribution in [3.05, 3.63) is 89.5 Å². The van der Waals surface area contributed by atoms with Crippen LogP contribution in [0.4, 0.5) is 0 Å². The van der Waals surface area contributed by atoms with Crippen molar-refractivity contribution in [1.82, 2.24) is 14.5 Å². The number of hydrogen-bond donors (Lipinski definition) is 0. The van der Waals surface area contributed by atoms with Gasteiger partial charge in [-0.3, -0.25) is 4.79 Å². The van der Waals surface area contributed by atoms with Gasteiger partial charge in [0.25, 0.3) is 0 Å². The lowest BCUT2D eigenvalue weighted by Gasteiger charge is -2.07. The van der Waals surface area contributed by atoms with Gasteiger partial charge in [-0.15, -0.1) is 0 Å². The van der Waals surface area contributed by atoms with Crippen molar-refractivity contribution in [2.24, 2.45) is 0 Å². The van der Waals surface area contributed by atoms with Gasteiger partial charge >= 0.3 is 0 Å². The highest BCUT2D eigenvalue weighted by atomic mass is 16.2. The van der Waals surface area contributed by atoms with Gasteiger partial charge in [0, 0.05) is 24.5 Å². The van der Waals surface area contributed by atoms with E-state index in [4.69, 9.17) is 0 Å². The first kappa shape index (κ1) is 16.3. The first-order valence-corrected chi connectivity index (χ1v) is 8.77. The number of aromatic nitrogens is 2. The average molecular weight is 343 g/mol. The Hall–Kier alpha value is -3.14. The van der Waals surface area contributed by atoms with Gasteiger partial charge in [0.1, 0.15) is 0 Å². The Bertz CT molecular complexity index is 972. The molecule has 130 valence electrons. The number of benzene rings is 2. The predicted octanol–water partition coefficient (Wildman–Crippen LogP) is 4.09. The van der Waals surface area contributed by atoms with Crippen molar-refractivity contribution in [2.45, 2.75) is 19.9 Å². The Balaban J connectivity index is 1.44. The third-order valence-electron chi connectivity index (χ3n) is 4.71. The van der Waals surface area contributed by atoms with Crippen molar-refractivity contribution in [3.63, 3.8) is 0 Å². The van der Waals surface area contributed by atoms with Gasteiger partial charge in [0.15, 0.2) is 0 Å². The van der Waals surface area contributed by atoms with Crippen LogP contribution in [0.1, 0.15) is 28.4 Å². The number of carbonyl (C=O) groups excluding carboxylic acids is 1. The van der Waals surface area contributed by atoms with Crippen molar-refractivity contribution in [1.29, 1.82) is 0 Å². The van der Waals surface area contributed by atoms with E-state index in [1.165, 1.54) is 5.56 Å². The van der Waals surface area contributed by atoms with E-state index in [1.54, 1.807) is 6.08 Å². The second kappa shape index (κ2) is 6.64. The average Bonchev–Trinajstić information content (AvgIpc) is 3.35. The molecule has 0 spiro atoms. The molecule has 0 N–H and O–H groups in total. The van der Waals surface area contributed by atoms with Gasteiger partial charge in [0.2, 0.25) is 5.91 Å². The second-order valence-corrected chi connectivity index (χ2v) is 6.72. The molecule has 0 radical (unpaired) electrons. The van der Waals surface area contributed by atoms with Gasteiger partial charge in [-0.25, -0.2) is 4.98 Å². The van der Waals surface area contributed by atoms with Crippen LogP contribution < -0.4 is 0 Å². The normalized spacial score (nSPS) is 16.2. The molecular formula is C22H21N3O. The van der Waals surface area contributed by atoms with Gasteiger partial charge in [-0.2, -0.15) is 0 Å². The Labute approximate surface area is 153 Å². The fourth-order valence-corrected chi connectivity index (χ4v) is 3.23. The smallest absolute Gasteiger partial charge is 0.247 e. The summed E-state index contributed by atoms with van der Waals surface area (Å²) in [6, 6.07) is 16.6. The highest BCUT2D eigenvalue weighted by Crippen LogP contribution is 2.34. The maximum atomic E-state index is 12.4. The van der Waals surface area contributed by atoms with E-state index >= 15 is 0 Å². The van der Waals surface area contributed by atoms with Gasteiger partial charge in [0.05, 0.1) is 18.1 Å². The molecule has 2 heterocycles. The topological polar surface area (TPSA) is 37.9 Å². The molecule has 0 saturated carbocycles. The second-order valence-electron chi connectivity index (χ2n) is 6.72. The van der Waals surface area contributed by atoms with Crippen molar-refractivity contribution < 1.29 is 4.79 Å². The minimum absolute atomic E-state index is 0.0609. The number of hydrogen-bond acceptors (Lipinski definition) is 2. The summed E-state index contributed by atoms with van der Waals surface area (Å²) in [5, 5.41) is 0. The van der Waals surface area contributed by atoms with Crippen LogP contribution in [0.2, 0.25) is 0 Å². The summed E-state index contributed by atoms with van der Waals surface area (Å²) in [6.45, 7) is 4.84. The number of carbonyl (C=O) groups is 1. The molecule has 0 aliphatic carbocycles. The lowest BCUT2D eigenvalue weighted by molar-refractivity contribution is -0.121. The van der Waals surface area contributed by atoms with Gasteiger partial charge in [-0.1, -0.05) is 36.4 Å². The molecule has 26 heavy (non-hydrogen) atoms. The summed E-state index contributed by atoms with van der Waals surface area (Å²) in [4.78, 5) is 18.5. The highest BCUT2D eigenvalue weighted by Gasteiger charge is 2.38. The third kappa shape index (κ3) is 3.31. The number of rotatable bonds is 4. The third-order valence-corrected chi connectivity index (χ3v) is 4.71. The van der Waals surface area contributed by atoms with E-state index < -0.39 is 0 Å². The zero-order valence-electron chi connectivity index (χ0n) is 15.0. The Morgan fingerprint density at radius 2 is 1.96 bits per heavy atom. The van der Waals surface area contributed by atoms with E-state index in [0.29, 0.717) is 0 Å². The van der Waals surface area contributed by atoms with Crippen LogP contribution in [0.5, 0.6) is 0 Å². The molecule has 2 aromatic carbocycles. The predicted molar refractivity (Wildman–Crippen MR) is 103 cm³/mol. The van der Waals surface area contributed by atoms with E-state index in [2.05, 4.69) is 36.2 Å². The summed E-state index contributed by atoms with van der Waals surface area (Å²) < 4.78 is 2.02. The molecule has 1 saturated heterocycles. The Morgan fingerprint density at radius 3 is 2.65 bits per heavy atom. The van der Waals surface area contributed by atoms with Crippen LogP contribution in [-0.2, 0) is 4.79 Å². The molecule has 0 unspecified atom stereocenters. The quantitative estimate of drug-likeness (QED) is 0.529. The molecule has 1 fully saturated rings. The standard InChI is InChI=1S/C22H21N3O/c1-16-12-18(8-10-20(16)24-13-17(2)23-15-24)9-11-22(26)25-14-21(25)19-6-4-3-5-7-19/h3-13,15,21H,14H2,1-2H3/b11-9+/t21-,25?/m0/s1. The number of nitrogens with zero attached hydrogens (tertiary/aromatic N) is 3. The summed E-state index contributed by atoms with van der Waals surface area (Å²) in [5.74, 6) is 0.0609. The van der Waals surface area contributed by atoms with E-state index in [9.17, 15) is 4.79 Å². The van der Waals surface area contributed by atoms with Crippen LogP contribution in [-0.4, -0.2) is 26.9 Å². The zero-order valence-corrected chi connectivity index (χ0v) is 15.0. The monoisotopic (exact) mass is 343 g/mol. The molecule has 4 rings (SSSR count). The molecular weight excluding hydrogens is 322 g/mol. The summed E-state index contributed by atoms with van der Waals surface area (Å²) in [7, 11) is 0.